The first-order valence-corrected chi connectivity index (χ1v) is 4.09. The van der Waals surface area contributed by atoms with Crippen LogP contribution in [-0.4, -0.2) is 23.6 Å². The summed E-state index contributed by atoms with van der Waals surface area (Å²) < 4.78 is 5.06. The van der Waals surface area contributed by atoms with Gasteiger partial charge in [-0.15, -0.1) is 0 Å². The van der Waals surface area contributed by atoms with E-state index in [1.807, 2.05) is 13.1 Å². The van der Waals surface area contributed by atoms with Crippen molar-refractivity contribution in [3.05, 3.63) is 17.5 Å². The minimum absolute atomic E-state index is 0.444. The van der Waals surface area contributed by atoms with Crippen LogP contribution in [0.2, 0.25) is 0 Å². The summed E-state index contributed by atoms with van der Waals surface area (Å²) in [6.45, 7) is 4.34. The number of aromatic nitrogens is 1. The third-order valence-corrected chi connectivity index (χ3v) is 1.78. The Morgan fingerprint density at radius 3 is 2.92 bits per heavy atom. The molecule has 0 saturated carbocycles. The highest BCUT2D eigenvalue weighted by atomic mass is 16.5. The van der Waals surface area contributed by atoms with E-state index < -0.39 is 0 Å². The molecule has 0 aliphatic carbocycles. The van der Waals surface area contributed by atoms with E-state index in [4.69, 9.17) is 10.3 Å². The fraction of sp³-hybridized carbons (Fsp3) is 0.625. The van der Waals surface area contributed by atoms with Crippen LogP contribution in [-0.2, 0) is 13.1 Å². The van der Waals surface area contributed by atoms with E-state index in [0.717, 1.165) is 24.5 Å². The summed E-state index contributed by atoms with van der Waals surface area (Å²) in [4.78, 5) is 2.14. The van der Waals surface area contributed by atoms with Crippen LogP contribution in [0.15, 0.2) is 10.6 Å². The number of nitrogens with zero attached hydrogens (tertiary/aromatic N) is 2. The van der Waals surface area contributed by atoms with Crippen molar-refractivity contribution in [1.29, 1.82) is 0 Å². The molecule has 1 heterocycles. The topological polar surface area (TPSA) is 55.3 Å². The molecule has 0 aromatic carbocycles. The first-order chi connectivity index (χ1) is 5.76. The maximum Gasteiger partial charge on any atom is 0.151 e. The first kappa shape index (κ1) is 9.22. The molecule has 0 unspecified atom stereocenters. The molecular formula is C8H15N3O. The van der Waals surface area contributed by atoms with Crippen molar-refractivity contribution in [2.24, 2.45) is 5.73 Å². The van der Waals surface area contributed by atoms with Crippen molar-refractivity contribution >= 4 is 0 Å². The normalized spacial score (nSPS) is 11.0. The van der Waals surface area contributed by atoms with Gasteiger partial charge in [0.05, 0.1) is 12.2 Å². The standard InChI is InChI=1S/C8H15N3O/c1-3-11(2)6-8-4-7(5-9)10-12-8/h4H,3,5-6,9H2,1-2H3. The third-order valence-electron chi connectivity index (χ3n) is 1.78. The minimum Gasteiger partial charge on any atom is -0.360 e. The third kappa shape index (κ3) is 2.32. The maximum absolute atomic E-state index is 5.39. The van der Waals surface area contributed by atoms with Gasteiger partial charge in [0.25, 0.3) is 0 Å². The van der Waals surface area contributed by atoms with E-state index >= 15 is 0 Å². The van der Waals surface area contributed by atoms with Crippen LogP contribution in [0.4, 0.5) is 0 Å². The average Bonchev–Trinajstić information content (AvgIpc) is 2.52. The van der Waals surface area contributed by atoms with Gasteiger partial charge in [0.15, 0.2) is 5.76 Å². The molecule has 0 fully saturated rings. The lowest BCUT2D eigenvalue weighted by molar-refractivity contribution is 0.281. The Morgan fingerprint density at radius 2 is 2.42 bits per heavy atom. The summed E-state index contributed by atoms with van der Waals surface area (Å²) in [5.74, 6) is 0.875. The molecule has 0 aliphatic heterocycles. The lowest BCUT2D eigenvalue weighted by atomic mass is 10.3. The second-order valence-corrected chi connectivity index (χ2v) is 2.82. The van der Waals surface area contributed by atoms with Gasteiger partial charge in [0.2, 0.25) is 0 Å². The van der Waals surface area contributed by atoms with Crippen molar-refractivity contribution in [3.8, 4) is 0 Å². The van der Waals surface area contributed by atoms with Crippen molar-refractivity contribution in [3.63, 3.8) is 0 Å². The van der Waals surface area contributed by atoms with Gasteiger partial charge in [-0.3, -0.25) is 4.90 Å². The fourth-order valence-corrected chi connectivity index (χ4v) is 0.904. The van der Waals surface area contributed by atoms with Gasteiger partial charge in [0, 0.05) is 12.6 Å². The molecule has 0 spiro atoms. The summed E-state index contributed by atoms with van der Waals surface area (Å²) in [6.07, 6.45) is 0. The van der Waals surface area contributed by atoms with Crippen LogP contribution in [0, 0.1) is 0 Å². The highest BCUT2D eigenvalue weighted by molar-refractivity contribution is 5.04. The first-order valence-electron chi connectivity index (χ1n) is 4.09. The van der Waals surface area contributed by atoms with Gasteiger partial charge >= 0.3 is 0 Å². The summed E-state index contributed by atoms with van der Waals surface area (Å²) in [5.41, 5.74) is 6.20. The summed E-state index contributed by atoms with van der Waals surface area (Å²) >= 11 is 0. The van der Waals surface area contributed by atoms with E-state index in [9.17, 15) is 0 Å². The van der Waals surface area contributed by atoms with E-state index in [1.165, 1.54) is 0 Å². The molecule has 0 radical (unpaired) electrons. The average molecular weight is 169 g/mol. The zero-order valence-corrected chi connectivity index (χ0v) is 7.58. The summed E-state index contributed by atoms with van der Waals surface area (Å²) in [5, 5.41) is 3.80. The predicted molar refractivity (Wildman–Crippen MR) is 46.4 cm³/mol. The van der Waals surface area contributed by atoms with Gasteiger partial charge in [-0.1, -0.05) is 12.1 Å². The molecular weight excluding hydrogens is 154 g/mol. The van der Waals surface area contributed by atoms with Crippen molar-refractivity contribution < 1.29 is 4.52 Å². The van der Waals surface area contributed by atoms with Gasteiger partial charge in [-0.05, 0) is 13.6 Å². The number of nitrogens with two attached hydrogens (primary N) is 1. The molecule has 0 saturated heterocycles. The van der Waals surface area contributed by atoms with Crippen LogP contribution in [0.5, 0.6) is 0 Å². The molecule has 0 aliphatic rings. The Bertz CT molecular complexity index is 234. The number of hydrogen-bond acceptors (Lipinski definition) is 4. The van der Waals surface area contributed by atoms with Crippen molar-refractivity contribution in [1.82, 2.24) is 10.1 Å². The number of hydrogen-bond donors (Lipinski definition) is 1. The summed E-state index contributed by atoms with van der Waals surface area (Å²) in [7, 11) is 2.03. The van der Waals surface area contributed by atoms with Gasteiger partial charge in [0.1, 0.15) is 0 Å². The minimum atomic E-state index is 0.444. The molecule has 1 rings (SSSR count). The van der Waals surface area contributed by atoms with E-state index in [2.05, 4.69) is 17.0 Å². The van der Waals surface area contributed by atoms with E-state index in [1.54, 1.807) is 0 Å². The molecule has 1 aromatic rings. The van der Waals surface area contributed by atoms with E-state index in [0.29, 0.717) is 6.54 Å². The second-order valence-electron chi connectivity index (χ2n) is 2.82. The second kappa shape index (κ2) is 4.23. The Morgan fingerprint density at radius 1 is 1.67 bits per heavy atom. The molecule has 1 aromatic heterocycles. The Balaban J connectivity index is 2.52. The van der Waals surface area contributed by atoms with Crippen molar-refractivity contribution in [2.45, 2.75) is 20.0 Å². The van der Waals surface area contributed by atoms with Crippen LogP contribution in [0.3, 0.4) is 0 Å². The van der Waals surface area contributed by atoms with Crippen LogP contribution >= 0.6 is 0 Å². The maximum atomic E-state index is 5.39. The molecule has 68 valence electrons. The fourth-order valence-electron chi connectivity index (χ4n) is 0.904. The van der Waals surface area contributed by atoms with Gasteiger partial charge in [-0.2, -0.15) is 0 Å². The molecule has 2 N–H and O–H groups in total. The van der Waals surface area contributed by atoms with Crippen LogP contribution in [0.25, 0.3) is 0 Å². The summed E-state index contributed by atoms with van der Waals surface area (Å²) in [6, 6.07) is 1.90. The van der Waals surface area contributed by atoms with E-state index in [-0.39, 0.29) is 0 Å². The molecule has 0 amide bonds. The van der Waals surface area contributed by atoms with Crippen LogP contribution < -0.4 is 5.73 Å². The smallest absolute Gasteiger partial charge is 0.151 e. The Kier molecular flexibility index (Phi) is 3.25. The molecule has 0 atom stereocenters. The zero-order chi connectivity index (χ0) is 8.97. The Labute approximate surface area is 72.3 Å². The SMILES string of the molecule is CCN(C)Cc1cc(CN)no1. The Hall–Kier alpha value is -0.870. The molecule has 0 bridgehead atoms. The molecule has 4 heteroatoms. The monoisotopic (exact) mass is 169 g/mol. The number of rotatable bonds is 4. The quantitative estimate of drug-likeness (QED) is 0.716. The highest BCUT2D eigenvalue weighted by Crippen LogP contribution is 2.04. The largest absolute Gasteiger partial charge is 0.360 e. The zero-order valence-electron chi connectivity index (χ0n) is 7.58. The lowest BCUT2D eigenvalue weighted by Crippen LogP contribution is -2.16. The highest BCUT2D eigenvalue weighted by Gasteiger charge is 2.04. The molecule has 4 nitrogen and oxygen atoms in total. The van der Waals surface area contributed by atoms with Crippen LogP contribution in [0.1, 0.15) is 18.4 Å². The van der Waals surface area contributed by atoms with Gasteiger partial charge in [-0.25, -0.2) is 0 Å². The molecule has 12 heavy (non-hydrogen) atoms. The predicted octanol–water partition coefficient (Wildman–Crippen LogP) is 0.585. The lowest BCUT2D eigenvalue weighted by Gasteiger charge is -2.09. The van der Waals surface area contributed by atoms with Gasteiger partial charge < -0.3 is 10.3 Å². The van der Waals surface area contributed by atoms with Crippen molar-refractivity contribution in [2.75, 3.05) is 13.6 Å².